The molecule has 0 saturated carbocycles. The molecule has 0 fully saturated rings. The molecule has 1 aromatic heterocycles. The summed E-state index contributed by atoms with van der Waals surface area (Å²) in [5.74, 6) is 0.621. The minimum Gasteiger partial charge on any atom is -0.390 e. The van der Waals surface area contributed by atoms with Gasteiger partial charge in [-0.1, -0.05) is 49.4 Å². The lowest BCUT2D eigenvalue weighted by Gasteiger charge is -2.09. The van der Waals surface area contributed by atoms with E-state index in [9.17, 15) is 5.11 Å². The molecule has 0 aliphatic heterocycles. The lowest BCUT2D eigenvalue weighted by Crippen LogP contribution is -2.05. The fraction of sp³-hybridized carbons (Fsp3) is 0.429. The Labute approximate surface area is 107 Å². The molecule has 0 unspecified atom stereocenters. The van der Waals surface area contributed by atoms with Crippen molar-refractivity contribution in [2.75, 3.05) is 0 Å². The Bertz CT molecular complexity index is 491. The molecule has 0 aliphatic rings. The third kappa shape index (κ3) is 2.76. The normalized spacial score (nSPS) is 11.1. The van der Waals surface area contributed by atoms with E-state index in [0.717, 1.165) is 24.2 Å². The molecule has 2 rings (SSSR count). The molecule has 4 heteroatoms. The first kappa shape index (κ1) is 12.8. The molecule has 1 N–H and O–H groups in total. The van der Waals surface area contributed by atoms with Gasteiger partial charge in [0.05, 0.1) is 12.3 Å². The molecule has 0 atom stereocenters. The molecule has 0 amide bonds. The highest BCUT2D eigenvalue weighted by molar-refractivity contribution is 5.61. The van der Waals surface area contributed by atoms with E-state index in [0.29, 0.717) is 11.6 Å². The topological polar surface area (TPSA) is 50.9 Å². The molecular formula is C14H19N3O. The first-order valence-electron chi connectivity index (χ1n) is 6.31. The second-order valence-corrected chi connectivity index (χ2v) is 4.81. The summed E-state index contributed by atoms with van der Waals surface area (Å²) in [7, 11) is 0. The van der Waals surface area contributed by atoms with Crippen molar-refractivity contribution in [2.45, 2.75) is 33.4 Å². The summed E-state index contributed by atoms with van der Waals surface area (Å²) in [6.07, 6.45) is 1.05. The standard InChI is InChI=1S/C14H19N3O/c1-11(2)8-9-17-14(13(10-18)15-16-17)12-6-4-3-5-7-12/h3-7,11,18H,8-10H2,1-2H3. The zero-order valence-corrected chi connectivity index (χ0v) is 10.9. The van der Waals surface area contributed by atoms with Gasteiger partial charge >= 0.3 is 0 Å². The van der Waals surface area contributed by atoms with Gasteiger partial charge in [0.2, 0.25) is 0 Å². The van der Waals surface area contributed by atoms with E-state index in [1.54, 1.807) is 0 Å². The van der Waals surface area contributed by atoms with Crippen LogP contribution in [0.1, 0.15) is 26.0 Å². The van der Waals surface area contributed by atoms with Gasteiger partial charge in [-0.25, -0.2) is 4.68 Å². The number of hydrogen-bond donors (Lipinski definition) is 1. The summed E-state index contributed by atoms with van der Waals surface area (Å²) in [5, 5.41) is 17.5. The Balaban J connectivity index is 2.34. The molecular weight excluding hydrogens is 226 g/mol. The maximum Gasteiger partial charge on any atom is 0.116 e. The molecule has 1 heterocycles. The molecule has 1 aromatic carbocycles. The Morgan fingerprint density at radius 3 is 2.56 bits per heavy atom. The molecule has 96 valence electrons. The number of aliphatic hydroxyl groups excluding tert-OH is 1. The van der Waals surface area contributed by atoms with Crippen LogP contribution >= 0.6 is 0 Å². The van der Waals surface area contributed by atoms with Crippen molar-refractivity contribution in [3.63, 3.8) is 0 Å². The summed E-state index contributed by atoms with van der Waals surface area (Å²) in [6, 6.07) is 9.98. The zero-order chi connectivity index (χ0) is 13.0. The molecule has 0 aliphatic carbocycles. The Kier molecular flexibility index (Phi) is 4.10. The van der Waals surface area contributed by atoms with Crippen molar-refractivity contribution >= 4 is 0 Å². The number of benzene rings is 1. The highest BCUT2D eigenvalue weighted by Crippen LogP contribution is 2.22. The van der Waals surface area contributed by atoms with Crippen LogP contribution < -0.4 is 0 Å². The predicted octanol–water partition coefficient (Wildman–Crippen LogP) is 2.48. The van der Waals surface area contributed by atoms with Crippen molar-refractivity contribution in [1.82, 2.24) is 15.0 Å². The molecule has 0 radical (unpaired) electrons. The minimum atomic E-state index is -0.0775. The highest BCUT2D eigenvalue weighted by atomic mass is 16.3. The second kappa shape index (κ2) is 5.78. The lowest BCUT2D eigenvalue weighted by molar-refractivity contribution is 0.277. The van der Waals surface area contributed by atoms with E-state index in [4.69, 9.17) is 0 Å². The first-order chi connectivity index (χ1) is 8.72. The molecule has 0 spiro atoms. The molecule has 0 saturated heterocycles. The van der Waals surface area contributed by atoms with Gasteiger partial charge in [0.1, 0.15) is 5.69 Å². The van der Waals surface area contributed by atoms with Crippen molar-refractivity contribution in [3.05, 3.63) is 36.0 Å². The molecule has 2 aromatic rings. The van der Waals surface area contributed by atoms with Gasteiger partial charge in [-0.15, -0.1) is 5.10 Å². The SMILES string of the molecule is CC(C)CCn1nnc(CO)c1-c1ccccc1. The lowest BCUT2D eigenvalue weighted by atomic mass is 10.1. The molecule has 0 bridgehead atoms. The summed E-state index contributed by atoms with van der Waals surface area (Å²) < 4.78 is 1.89. The number of aryl methyl sites for hydroxylation is 1. The van der Waals surface area contributed by atoms with E-state index >= 15 is 0 Å². The fourth-order valence-corrected chi connectivity index (χ4v) is 1.90. The third-order valence-electron chi connectivity index (χ3n) is 2.92. The summed E-state index contributed by atoms with van der Waals surface area (Å²) in [4.78, 5) is 0. The molecule has 18 heavy (non-hydrogen) atoms. The average molecular weight is 245 g/mol. The van der Waals surface area contributed by atoms with Gasteiger partial charge < -0.3 is 5.11 Å². The van der Waals surface area contributed by atoms with Gasteiger partial charge in [0.15, 0.2) is 0 Å². The van der Waals surface area contributed by atoms with Crippen molar-refractivity contribution in [2.24, 2.45) is 5.92 Å². The Morgan fingerprint density at radius 1 is 1.22 bits per heavy atom. The van der Waals surface area contributed by atoms with Crippen LogP contribution in [-0.4, -0.2) is 20.1 Å². The summed E-state index contributed by atoms with van der Waals surface area (Å²) >= 11 is 0. The van der Waals surface area contributed by atoms with Crippen LogP contribution in [0.2, 0.25) is 0 Å². The van der Waals surface area contributed by atoms with Crippen LogP contribution in [0, 0.1) is 5.92 Å². The maximum absolute atomic E-state index is 9.35. The van der Waals surface area contributed by atoms with Crippen LogP contribution in [0.15, 0.2) is 30.3 Å². The number of hydrogen-bond acceptors (Lipinski definition) is 3. The Hall–Kier alpha value is -1.68. The molecule has 4 nitrogen and oxygen atoms in total. The average Bonchev–Trinajstić information content (AvgIpc) is 2.80. The van der Waals surface area contributed by atoms with E-state index < -0.39 is 0 Å². The van der Waals surface area contributed by atoms with Crippen LogP contribution in [-0.2, 0) is 13.2 Å². The van der Waals surface area contributed by atoms with E-state index in [1.807, 2.05) is 35.0 Å². The maximum atomic E-state index is 9.35. The number of aromatic nitrogens is 3. The zero-order valence-electron chi connectivity index (χ0n) is 10.9. The smallest absolute Gasteiger partial charge is 0.116 e. The van der Waals surface area contributed by atoms with Crippen molar-refractivity contribution in [3.8, 4) is 11.3 Å². The number of aliphatic hydroxyl groups is 1. The van der Waals surface area contributed by atoms with Gasteiger partial charge in [-0.2, -0.15) is 0 Å². The van der Waals surface area contributed by atoms with E-state index in [2.05, 4.69) is 24.2 Å². The number of nitrogens with zero attached hydrogens (tertiary/aromatic N) is 3. The van der Waals surface area contributed by atoms with Crippen LogP contribution in [0.25, 0.3) is 11.3 Å². The van der Waals surface area contributed by atoms with Crippen molar-refractivity contribution in [1.29, 1.82) is 0 Å². The third-order valence-corrected chi connectivity index (χ3v) is 2.92. The highest BCUT2D eigenvalue weighted by Gasteiger charge is 2.13. The van der Waals surface area contributed by atoms with E-state index in [-0.39, 0.29) is 6.61 Å². The van der Waals surface area contributed by atoms with Gasteiger partial charge in [0.25, 0.3) is 0 Å². The van der Waals surface area contributed by atoms with Gasteiger partial charge in [0, 0.05) is 12.1 Å². The van der Waals surface area contributed by atoms with Crippen LogP contribution in [0.3, 0.4) is 0 Å². The first-order valence-corrected chi connectivity index (χ1v) is 6.31. The number of rotatable bonds is 5. The minimum absolute atomic E-state index is 0.0775. The van der Waals surface area contributed by atoms with Crippen molar-refractivity contribution < 1.29 is 5.11 Å². The summed E-state index contributed by atoms with van der Waals surface area (Å²) in [5.41, 5.74) is 2.62. The fourth-order valence-electron chi connectivity index (χ4n) is 1.90. The summed E-state index contributed by atoms with van der Waals surface area (Å²) in [6.45, 7) is 5.12. The van der Waals surface area contributed by atoms with Crippen LogP contribution in [0.4, 0.5) is 0 Å². The van der Waals surface area contributed by atoms with Crippen LogP contribution in [0.5, 0.6) is 0 Å². The van der Waals surface area contributed by atoms with E-state index in [1.165, 1.54) is 0 Å². The van der Waals surface area contributed by atoms with Gasteiger partial charge in [-0.05, 0) is 12.3 Å². The van der Waals surface area contributed by atoms with Gasteiger partial charge in [-0.3, -0.25) is 0 Å². The quantitative estimate of drug-likeness (QED) is 0.880. The predicted molar refractivity (Wildman–Crippen MR) is 70.8 cm³/mol. The monoisotopic (exact) mass is 245 g/mol. The second-order valence-electron chi connectivity index (χ2n) is 4.81. The largest absolute Gasteiger partial charge is 0.390 e. The Morgan fingerprint density at radius 2 is 1.94 bits per heavy atom.